The first-order valence-corrected chi connectivity index (χ1v) is 3.35. The van der Waals surface area contributed by atoms with E-state index in [9.17, 15) is 9.59 Å². The first-order valence-electron chi connectivity index (χ1n) is 3.35. The van der Waals surface area contributed by atoms with E-state index < -0.39 is 12.3 Å². The average molecular weight is 158 g/mol. The molecule has 62 valence electrons. The van der Waals surface area contributed by atoms with E-state index in [2.05, 4.69) is 4.74 Å². The third-order valence-electron chi connectivity index (χ3n) is 2.18. The molecule has 1 N–H and O–H groups in total. The molecule has 0 unspecified atom stereocenters. The number of hydrogen-bond donors (Lipinski definition) is 1. The van der Waals surface area contributed by atoms with Gasteiger partial charge in [-0.1, -0.05) is 13.8 Å². The number of carbonyl (C=O) groups excluding carboxylic acids is 1. The van der Waals surface area contributed by atoms with Crippen molar-refractivity contribution in [2.75, 3.05) is 0 Å². The number of rotatable bonds is 2. The van der Waals surface area contributed by atoms with Gasteiger partial charge in [0.05, 0.1) is 5.92 Å². The third-order valence-corrected chi connectivity index (χ3v) is 2.18. The first-order chi connectivity index (χ1) is 5.00. The van der Waals surface area contributed by atoms with Crippen LogP contribution in [0.1, 0.15) is 13.8 Å². The molecule has 0 aromatic heterocycles. The van der Waals surface area contributed by atoms with Crippen molar-refractivity contribution in [3.05, 3.63) is 0 Å². The summed E-state index contributed by atoms with van der Waals surface area (Å²) in [5.74, 6) is -0.265. The van der Waals surface area contributed by atoms with Gasteiger partial charge < -0.3 is 14.6 Å². The van der Waals surface area contributed by atoms with E-state index in [1.54, 1.807) is 13.8 Å². The van der Waals surface area contributed by atoms with Crippen LogP contribution in [0.3, 0.4) is 0 Å². The Morgan fingerprint density at radius 2 is 2.18 bits per heavy atom. The van der Waals surface area contributed by atoms with Crippen LogP contribution in [0, 0.1) is 11.3 Å². The normalized spacial score (nSPS) is 32.5. The lowest BCUT2D eigenvalue weighted by Gasteiger charge is -1.99. The molecule has 0 aromatic rings. The number of aldehydes is 1. The Hall–Kier alpha value is -1.06. The quantitative estimate of drug-likeness (QED) is 0.479. The van der Waals surface area contributed by atoms with Gasteiger partial charge in [-0.2, -0.15) is 0 Å². The second-order valence-electron chi connectivity index (χ2n) is 3.29. The van der Waals surface area contributed by atoms with Crippen molar-refractivity contribution < 1.29 is 19.4 Å². The highest BCUT2D eigenvalue weighted by Crippen LogP contribution is 2.52. The minimum atomic E-state index is -1.31. The Morgan fingerprint density at radius 1 is 1.64 bits per heavy atom. The Morgan fingerprint density at radius 3 is 2.45 bits per heavy atom. The summed E-state index contributed by atoms with van der Waals surface area (Å²) in [6, 6.07) is 0. The molecule has 1 aliphatic carbocycles. The molecule has 4 heteroatoms. The van der Waals surface area contributed by atoms with Gasteiger partial charge >= 0.3 is 6.16 Å². The molecule has 0 heterocycles. The number of carboxylic acid groups (broad SMARTS) is 1. The summed E-state index contributed by atoms with van der Waals surface area (Å²) < 4.78 is 4.47. The smallest absolute Gasteiger partial charge is 0.450 e. The van der Waals surface area contributed by atoms with Crippen molar-refractivity contribution in [2.45, 2.75) is 20.0 Å². The molecule has 0 amide bonds. The van der Waals surface area contributed by atoms with Crippen molar-refractivity contribution in [2.24, 2.45) is 11.3 Å². The standard InChI is InChI=1S/C7H10O4/c1-7(2)4(3-8)5(7)11-6(9)10/h3-5H,1-2H3,(H,9,10)/t4-,5-/m1/s1. The highest BCUT2D eigenvalue weighted by atomic mass is 16.7. The van der Waals surface area contributed by atoms with Gasteiger partial charge in [0.25, 0.3) is 0 Å². The number of carbonyl (C=O) groups is 2. The van der Waals surface area contributed by atoms with Gasteiger partial charge in [0.15, 0.2) is 0 Å². The molecular weight excluding hydrogens is 148 g/mol. The van der Waals surface area contributed by atoms with Crippen LogP contribution in [0.25, 0.3) is 0 Å². The molecule has 0 radical (unpaired) electrons. The van der Waals surface area contributed by atoms with Gasteiger partial charge in [-0.05, 0) is 0 Å². The fourth-order valence-corrected chi connectivity index (χ4v) is 1.21. The molecule has 0 aromatic carbocycles. The topological polar surface area (TPSA) is 63.6 Å². The minimum absolute atomic E-state index is 0.265. The van der Waals surface area contributed by atoms with Gasteiger partial charge in [-0.3, -0.25) is 0 Å². The van der Waals surface area contributed by atoms with Gasteiger partial charge in [-0.25, -0.2) is 4.79 Å². The summed E-state index contributed by atoms with van der Waals surface area (Å²) in [5, 5.41) is 8.23. The molecule has 2 atom stereocenters. The Balaban J connectivity index is 2.52. The van der Waals surface area contributed by atoms with Crippen LogP contribution >= 0.6 is 0 Å². The Bertz CT molecular complexity index is 197. The fraction of sp³-hybridized carbons (Fsp3) is 0.714. The minimum Gasteiger partial charge on any atom is -0.450 e. The van der Waals surface area contributed by atoms with Crippen molar-refractivity contribution in [3.63, 3.8) is 0 Å². The zero-order valence-corrected chi connectivity index (χ0v) is 6.40. The summed E-state index contributed by atoms with van der Waals surface area (Å²) in [6.07, 6.45) is -1.02. The van der Waals surface area contributed by atoms with E-state index in [0.29, 0.717) is 0 Å². The van der Waals surface area contributed by atoms with Crippen LogP contribution in [-0.2, 0) is 9.53 Å². The molecular formula is C7H10O4. The maximum atomic E-state index is 10.3. The van der Waals surface area contributed by atoms with Crippen LogP contribution in [-0.4, -0.2) is 23.7 Å². The Labute approximate surface area is 64.2 Å². The zero-order valence-electron chi connectivity index (χ0n) is 6.40. The molecule has 0 saturated heterocycles. The largest absolute Gasteiger partial charge is 0.506 e. The summed E-state index contributed by atoms with van der Waals surface area (Å²) in [5.41, 5.74) is -0.305. The van der Waals surface area contributed by atoms with Gasteiger partial charge in [0.2, 0.25) is 0 Å². The molecule has 0 aliphatic heterocycles. The van der Waals surface area contributed by atoms with E-state index >= 15 is 0 Å². The molecule has 1 fully saturated rings. The highest BCUT2D eigenvalue weighted by Gasteiger charge is 2.61. The molecule has 11 heavy (non-hydrogen) atoms. The number of hydrogen-bond acceptors (Lipinski definition) is 3. The van der Waals surface area contributed by atoms with Gasteiger partial charge in [0, 0.05) is 5.41 Å². The van der Waals surface area contributed by atoms with Crippen LogP contribution in [0.5, 0.6) is 0 Å². The number of ether oxygens (including phenoxy) is 1. The lowest BCUT2D eigenvalue weighted by Crippen LogP contribution is -2.07. The SMILES string of the molecule is CC1(C)[C@H](C=O)[C@H]1OC(=O)O. The van der Waals surface area contributed by atoms with Crippen molar-refractivity contribution in [1.82, 2.24) is 0 Å². The van der Waals surface area contributed by atoms with E-state index in [4.69, 9.17) is 5.11 Å². The monoisotopic (exact) mass is 158 g/mol. The van der Waals surface area contributed by atoms with Crippen molar-refractivity contribution in [3.8, 4) is 0 Å². The van der Waals surface area contributed by atoms with Gasteiger partial charge in [-0.15, -0.1) is 0 Å². The molecule has 0 spiro atoms. The summed E-state index contributed by atoms with van der Waals surface area (Å²) in [7, 11) is 0. The van der Waals surface area contributed by atoms with E-state index in [1.807, 2.05) is 0 Å². The van der Waals surface area contributed by atoms with E-state index in [1.165, 1.54) is 0 Å². The predicted molar refractivity (Wildman–Crippen MR) is 36.2 cm³/mol. The summed E-state index contributed by atoms with van der Waals surface area (Å²) in [4.78, 5) is 20.4. The van der Waals surface area contributed by atoms with Crippen LogP contribution < -0.4 is 0 Å². The van der Waals surface area contributed by atoms with Crippen LogP contribution in [0.2, 0.25) is 0 Å². The first kappa shape index (κ1) is 8.04. The summed E-state index contributed by atoms with van der Waals surface area (Å²) in [6.45, 7) is 3.61. The lowest BCUT2D eigenvalue weighted by atomic mass is 10.1. The third kappa shape index (κ3) is 1.20. The van der Waals surface area contributed by atoms with E-state index in [-0.39, 0.29) is 11.3 Å². The second kappa shape index (κ2) is 2.22. The molecule has 0 bridgehead atoms. The maximum Gasteiger partial charge on any atom is 0.506 e. The van der Waals surface area contributed by atoms with Crippen molar-refractivity contribution in [1.29, 1.82) is 0 Å². The molecule has 1 rings (SSSR count). The Kier molecular flexibility index (Phi) is 1.62. The second-order valence-corrected chi connectivity index (χ2v) is 3.29. The molecule has 4 nitrogen and oxygen atoms in total. The fourth-order valence-electron chi connectivity index (χ4n) is 1.21. The molecule has 1 aliphatic rings. The van der Waals surface area contributed by atoms with Gasteiger partial charge in [0.1, 0.15) is 12.4 Å². The lowest BCUT2D eigenvalue weighted by molar-refractivity contribution is -0.109. The highest BCUT2D eigenvalue weighted by molar-refractivity contribution is 5.65. The summed E-state index contributed by atoms with van der Waals surface area (Å²) >= 11 is 0. The average Bonchev–Trinajstić information content (AvgIpc) is 2.33. The zero-order chi connectivity index (χ0) is 8.65. The maximum absolute atomic E-state index is 10.3. The molecule has 1 saturated carbocycles. The van der Waals surface area contributed by atoms with Crippen molar-refractivity contribution >= 4 is 12.4 Å². The van der Waals surface area contributed by atoms with E-state index in [0.717, 1.165) is 6.29 Å². The van der Waals surface area contributed by atoms with Crippen LogP contribution in [0.4, 0.5) is 4.79 Å². The van der Waals surface area contributed by atoms with Crippen LogP contribution in [0.15, 0.2) is 0 Å². The predicted octanol–water partition coefficient (Wildman–Crippen LogP) is 0.905.